The number of ether oxygens (including phenoxy) is 1. The minimum absolute atomic E-state index is 0.0720. The number of carbonyl (C=O) groups excluding carboxylic acids is 3. The van der Waals surface area contributed by atoms with Gasteiger partial charge in [-0.15, -0.1) is 11.3 Å². The van der Waals surface area contributed by atoms with Gasteiger partial charge in [-0.2, -0.15) is 4.31 Å². The lowest BCUT2D eigenvalue weighted by molar-refractivity contribution is -0.151. The monoisotopic (exact) mass is 507 g/mol. The highest BCUT2D eigenvalue weighted by molar-refractivity contribution is 7.89. The third kappa shape index (κ3) is 5.65. The predicted octanol–water partition coefficient (Wildman–Crippen LogP) is 2.87. The zero-order chi connectivity index (χ0) is 24.9. The molecule has 0 unspecified atom stereocenters. The number of sulfonamides is 1. The Kier molecular flexibility index (Phi) is 8.45. The van der Waals surface area contributed by atoms with E-state index in [-0.39, 0.29) is 10.8 Å². The van der Waals surface area contributed by atoms with Gasteiger partial charge in [-0.3, -0.25) is 9.59 Å². The van der Waals surface area contributed by atoms with E-state index in [2.05, 4.69) is 5.32 Å². The van der Waals surface area contributed by atoms with Crippen LogP contribution in [0.4, 0.5) is 5.69 Å². The summed E-state index contributed by atoms with van der Waals surface area (Å²) >= 11 is 1.31. The summed E-state index contributed by atoms with van der Waals surface area (Å²) in [5, 5.41) is 4.42. The van der Waals surface area contributed by atoms with Crippen LogP contribution in [-0.4, -0.2) is 67.7 Å². The molecule has 9 nitrogen and oxygen atoms in total. The summed E-state index contributed by atoms with van der Waals surface area (Å²) in [6.45, 7) is 5.83. The Labute approximate surface area is 203 Å². The lowest BCUT2D eigenvalue weighted by Gasteiger charge is -2.22. The zero-order valence-corrected chi connectivity index (χ0v) is 21.1. The van der Waals surface area contributed by atoms with Crippen molar-refractivity contribution in [3.8, 4) is 0 Å². The molecule has 1 aromatic carbocycles. The summed E-state index contributed by atoms with van der Waals surface area (Å²) < 4.78 is 32.1. The lowest BCUT2D eigenvalue weighted by Crippen LogP contribution is -2.41. The smallest absolute Gasteiger partial charge is 0.329 e. The summed E-state index contributed by atoms with van der Waals surface area (Å²) in [6.07, 6.45) is 1.15. The minimum atomic E-state index is -3.69. The van der Waals surface area contributed by atoms with Gasteiger partial charge in [-0.25, -0.2) is 13.2 Å². The van der Waals surface area contributed by atoms with E-state index >= 15 is 0 Å². The summed E-state index contributed by atoms with van der Waals surface area (Å²) in [7, 11) is -3.69. The molecule has 0 bridgehead atoms. The summed E-state index contributed by atoms with van der Waals surface area (Å²) in [6, 6.07) is 7.27. The molecule has 1 fully saturated rings. The van der Waals surface area contributed by atoms with Crippen molar-refractivity contribution < 1.29 is 27.5 Å². The zero-order valence-electron chi connectivity index (χ0n) is 19.4. The molecule has 34 heavy (non-hydrogen) atoms. The first-order chi connectivity index (χ1) is 16.2. The SMILES string of the molecule is CCN(CC)S(=O)(=O)c1ccc(C)c(NC(=O)COC(=O)[C@@H]2CCCN2C(=O)c2cccs2)c1. The molecule has 0 radical (unpaired) electrons. The van der Waals surface area contributed by atoms with Gasteiger partial charge in [0, 0.05) is 25.3 Å². The molecule has 0 aliphatic carbocycles. The van der Waals surface area contributed by atoms with E-state index < -0.39 is 34.5 Å². The minimum Gasteiger partial charge on any atom is -0.454 e. The molecule has 3 rings (SSSR count). The third-order valence-corrected chi connectivity index (χ3v) is 8.59. The van der Waals surface area contributed by atoms with E-state index in [1.54, 1.807) is 44.4 Å². The second kappa shape index (κ2) is 11.1. The maximum atomic E-state index is 12.8. The first-order valence-corrected chi connectivity index (χ1v) is 13.4. The molecule has 2 amide bonds. The van der Waals surface area contributed by atoms with Crippen LogP contribution in [0.5, 0.6) is 0 Å². The fraction of sp³-hybridized carbons (Fsp3) is 0.435. The normalized spacial score (nSPS) is 16.0. The number of amides is 2. The van der Waals surface area contributed by atoms with Crippen LogP contribution in [0.2, 0.25) is 0 Å². The number of esters is 1. The Morgan fingerprint density at radius 1 is 1.21 bits per heavy atom. The van der Waals surface area contributed by atoms with Crippen molar-refractivity contribution in [3.63, 3.8) is 0 Å². The molecule has 1 aromatic heterocycles. The Bertz CT molecular complexity index is 1140. The first kappa shape index (κ1) is 25.9. The molecule has 2 aromatic rings. The van der Waals surface area contributed by atoms with Crippen molar-refractivity contribution in [3.05, 3.63) is 46.2 Å². The van der Waals surface area contributed by atoms with Gasteiger partial charge >= 0.3 is 5.97 Å². The van der Waals surface area contributed by atoms with E-state index in [0.29, 0.717) is 48.6 Å². The van der Waals surface area contributed by atoms with E-state index in [9.17, 15) is 22.8 Å². The molecule has 2 heterocycles. The van der Waals surface area contributed by atoms with E-state index in [1.165, 1.54) is 32.7 Å². The highest BCUT2D eigenvalue weighted by Gasteiger charge is 2.36. The molecular formula is C23H29N3O6S2. The average molecular weight is 508 g/mol. The molecule has 0 spiro atoms. The molecule has 1 atom stereocenters. The largest absolute Gasteiger partial charge is 0.454 e. The maximum absolute atomic E-state index is 12.8. The lowest BCUT2D eigenvalue weighted by atomic mass is 10.2. The van der Waals surface area contributed by atoms with Crippen LogP contribution in [0.25, 0.3) is 0 Å². The fourth-order valence-corrected chi connectivity index (χ4v) is 5.99. The number of likely N-dealkylation sites (tertiary alicyclic amines) is 1. The van der Waals surface area contributed by atoms with Crippen molar-refractivity contribution in [1.29, 1.82) is 0 Å². The first-order valence-electron chi connectivity index (χ1n) is 11.1. The van der Waals surface area contributed by atoms with Gasteiger partial charge in [-0.05, 0) is 48.9 Å². The molecule has 11 heteroatoms. The van der Waals surface area contributed by atoms with Crippen LogP contribution < -0.4 is 5.32 Å². The quantitative estimate of drug-likeness (QED) is 0.522. The van der Waals surface area contributed by atoms with E-state index in [4.69, 9.17) is 4.74 Å². The standard InChI is InChI=1S/C23H29N3O6S2/c1-4-25(5-2)34(30,31)17-11-10-16(3)18(14-17)24-21(27)15-32-23(29)19-8-6-12-26(19)22(28)20-9-7-13-33-20/h7,9-11,13-14,19H,4-6,8,12,15H2,1-3H3,(H,24,27)/t19-/m0/s1. The number of benzene rings is 1. The maximum Gasteiger partial charge on any atom is 0.329 e. The van der Waals surface area contributed by atoms with Crippen LogP contribution in [-0.2, 0) is 24.3 Å². The molecule has 1 saturated heterocycles. The fourth-order valence-electron chi connectivity index (χ4n) is 3.82. The highest BCUT2D eigenvalue weighted by atomic mass is 32.2. The summed E-state index contributed by atoms with van der Waals surface area (Å²) in [4.78, 5) is 39.8. The number of hydrogen-bond donors (Lipinski definition) is 1. The number of aryl methyl sites for hydroxylation is 1. The van der Waals surface area contributed by atoms with Gasteiger partial charge < -0.3 is 15.0 Å². The van der Waals surface area contributed by atoms with E-state index in [1.807, 2.05) is 0 Å². The van der Waals surface area contributed by atoms with Crippen LogP contribution in [0.3, 0.4) is 0 Å². The van der Waals surface area contributed by atoms with Crippen LogP contribution >= 0.6 is 11.3 Å². The third-order valence-electron chi connectivity index (χ3n) is 5.69. The predicted molar refractivity (Wildman–Crippen MR) is 129 cm³/mol. The Hall–Kier alpha value is -2.76. The van der Waals surface area contributed by atoms with Gasteiger partial charge in [0.15, 0.2) is 6.61 Å². The van der Waals surface area contributed by atoms with Crippen LogP contribution in [0, 0.1) is 6.92 Å². The molecular weight excluding hydrogens is 478 g/mol. The van der Waals surface area contributed by atoms with Gasteiger partial charge in [0.05, 0.1) is 9.77 Å². The van der Waals surface area contributed by atoms with Crippen molar-refractivity contribution in [1.82, 2.24) is 9.21 Å². The van der Waals surface area contributed by atoms with Gasteiger partial charge in [0.25, 0.3) is 11.8 Å². The second-order valence-corrected chi connectivity index (χ2v) is 10.7. The molecule has 0 saturated carbocycles. The molecule has 1 aliphatic heterocycles. The number of carbonyl (C=O) groups is 3. The highest BCUT2D eigenvalue weighted by Crippen LogP contribution is 2.24. The number of thiophene rings is 1. The second-order valence-electron chi connectivity index (χ2n) is 7.86. The summed E-state index contributed by atoms with van der Waals surface area (Å²) in [5.74, 6) is -1.45. The summed E-state index contributed by atoms with van der Waals surface area (Å²) in [5.41, 5.74) is 0.992. The number of nitrogens with one attached hydrogen (secondary N) is 1. The van der Waals surface area contributed by atoms with Crippen molar-refractivity contribution in [2.24, 2.45) is 0 Å². The number of hydrogen-bond acceptors (Lipinski definition) is 7. The van der Waals surface area contributed by atoms with Gasteiger partial charge in [-0.1, -0.05) is 26.0 Å². The number of nitrogens with zero attached hydrogens (tertiary/aromatic N) is 2. The average Bonchev–Trinajstić information content (AvgIpc) is 3.51. The Morgan fingerprint density at radius 3 is 2.59 bits per heavy atom. The number of anilines is 1. The van der Waals surface area contributed by atoms with Crippen molar-refractivity contribution in [2.45, 2.75) is 44.6 Å². The van der Waals surface area contributed by atoms with Gasteiger partial charge in [0.1, 0.15) is 6.04 Å². The van der Waals surface area contributed by atoms with Gasteiger partial charge in [0.2, 0.25) is 10.0 Å². The van der Waals surface area contributed by atoms with Crippen LogP contribution in [0.15, 0.2) is 40.6 Å². The Morgan fingerprint density at radius 2 is 1.94 bits per heavy atom. The Balaban J connectivity index is 1.63. The molecule has 184 valence electrons. The van der Waals surface area contributed by atoms with Crippen molar-refractivity contribution in [2.75, 3.05) is 31.6 Å². The van der Waals surface area contributed by atoms with Crippen molar-refractivity contribution >= 4 is 44.8 Å². The number of rotatable bonds is 9. The van der Waals surface area contributed by atoms with E-state index in [0.717, 1.165) is 0 Å². The van der Waals surface area contributed by atoms with Crippen LogP contribution in [0.1, 0.15) is 41.9 Å². The molecule has 1 aliphatic rings. The topological polar surface area (TPSA) is 113 Å². The molecule has 1 N–H and O–H groups in total.